The molecule has 5 rings (SSSR count). The third kappa shape index (κ3) is 5.13. The van der Waals surface area contributed by atoms with Crippen LogP contribution < -0.4 is 4.90 Å². The van der Waals surface area contributed by atoms with Crippen LogP contribution in [0.2, 0.25) is 0 Å². The zero-order chi connectivity index (χ0) is 25.1. The van der Waals surface area contributed by atoms with E-state index in [4.69, 9.17) is 0 Å². The molecule has 0 N–H and O–H groups in total. The number of para-hydroxylation sites is 1. The number of rotatable bonds is 4. The molecule has 0 aromatic heterocycles. The van der Waals surface area contributed by atoms with Crippen molar-refractivity contribution in [2.45, 2.75) is 25.7 Å². The van der Waals surface area contributed by atoms with Crippen LogP contribution in [0.1, 0.15) is 50.6 Å². The van der Waals surface area contributed by atoms with Crippen LogP contribution in [0.25, 0.3) is 0 Å². The summed E-state index contributed by atoms with van der Waals surface area (Å²) in [4.78, 5) is 32.1. The summed E-state index contributed by atoms with van der Waals surface area (Å²) in [6.07, 6.45) is 1.94. The van der Waals surface area contributed by atoms with E-state index in [1.807, 2.05) is 70.2 Å². The lowest BCUT2D eigenvalue weighted by molar-refractivity contribution is 0.0704. The summed E-state index contributed by atoms with van der Waals surface area (Å²) in [6.45, 7) is 5.75. The number of amides is 2. The summed E-state index contributed by atoms with van der Waals surface area (Å²) in [6, 6.07) is 22.4. The monoisotopic (exact) mass is 485 g/mol. The Labute approximate surface area is 212 Å². The number of carbonyl (C=O) groups is 2. The molecular formula is C30H32FN3O2. The SMILES string of the molecule is Cc1ccc(C(=O)N2CCCC(c3cccc(C(=O)N4CCN(c5ccccc5F)CC4)c3)C2)cc1. The van der Waals surface area contributed by atoms with Gasteiger partial charge in [-0.3, -0.25) is 9.59 Å². The standard InChI is InChI=1S/C30H32FN3O2/c1-22-11-13-23(14-12-22)29(35)34-15-5-8-26(21-34)24-6-4-7-25(20-24)30(36)33-18-16-32(17-19-33)28-10-3-2-9-27(28)31/h2-4,6-7,9-14,20,26H,5,8,15-19,21H2,1H3. The molecule has 0 aliphatic carbocycles. The van der Waals surface area contributed by atoms with Gasteiger partial charge in [-0.2, -0.15) is 0 Å². The molecule has 186 valence electrons. The van der Waals surface area contributed by atoms with Gasteiger partial charge in [0.2, 0.25) is 0 Å². The lowest BCUT2D eigenvalue weighted by Gasteiger charge is -2.36. The number of nitrogens with zero attached hydrogens (tertiary/aromatic N) is 3. The van der Waals surface area contributed by atoms with Crippen molar-refractivity contribution in [3.05, 3.63) is 101 Å². The summed E-state index contributed by atoms with van der Waals surface area (Å²) < 4.78 is 14.2. The number of hydrogen-bond acceptors (Lipinski definition) is 3. The van der Waals surface area contributed by atoms with Crippen molar-refractivity contribution in [1.29, 1.82) is 0 Å². The Kier molecular flexibility index (Phi) is 7.03. The molecule has 6 heteroatoms. The number of piperazine rings is 1. The van der Waals surface area contributed by atoms with Gasteiger partial charge in [0.15, 0.2) is 0 Å². The van der Waals surface area contributed by atoms with E-state index in [9.17, 15) is 14.0 Å². The number of halogens is 1. The van der Waals surface area contributed by atoms with Crippen LogP contribution in [-0.2, 0) is 0 Å². The predicted molar refractivity (Wildman–Crippen MR) is 140 cm³/mol. The van der Waals surface area contributed by atoms with Gasteiger partial charge >= 0.3 is 0 Å². The lowest BCUT2D eigenvalue weighted by Crippen LogP contribution is -2.49. The van der Waals surface area contributed by atoms with Crippen LogP contribution >= 0.6 is 0 Å². The summed E-state index contributed by atoms with van der Waals surface area (Å²) in [7, 11) is 0. The number of aryl methyl sites for hydroxylation is 1. The first-order valence-corrected chi connectivity index (χ1v) is 12.7. The largest absolute Gasteiger partial charge is 0.366 e. The summed E-state index contributed by atoms with van der Waals surface area (Å²) in [5, 5.41) is 0. The number of carbonyl (C=O) groups excluding carboxylic acids is 2. The maximum absolute atomic E-state index is 14.2. The first-order valence-electron chi connectivity index (χ1n) is 12.7. The third-order valence-electron chi connectivity index (χ3n) is 7.37. The highest BCUT2D eigenvalue weighted by Gasteiger charge is 2.27. The Morgan fingerprint density at radius 3 is 2.25 bits per heavy atom. The topological polar surface area (TPSA) is 43.9 Å². The molecule has 2 amide bonds. The normalized spacial score (nSPS) is 18.3. The van der Waals surface area contributed by atoms with Crippen molar-refractivity contribution in [2.75, 3.05) is 44.2 Å². The number of likely N-dealkylation sites (tertiary alicyclic amines) is 1. The molecule has 0 radical (unpaired) electrons. The van der Waals surface area contributed by atoms with E-state index in [1.165, 1.54) is 6.07 Å². The zero-order valence-corrected chi connectivity index (χ0v) is 20.7. The van der Waals surface area contributed by atoms with Crippen LogP contribution in [-0.4, -0.2) is 60.9 Å². The van der Waals surface area contributed by atoms with Crippen LogP contribution in [0, 0.1) is 12.7 Å². The molecule has 2 saturated heterocycles. The van der Waals surface area contributed by atoms with Crippen LogP contribution in [0.5, 0.6) is 0 Å². The second-order valence-corrected chi connectivity index (χ2v) is 9.81. The molecule has 0 saturated carbocycles. The third-order valence-corrected chi connectivity index (χ3v) is 7.37. The van der Waals surface area contributed by atoms with E-state index in [2.05, 4.69) is 6.07 Å². The fourth-order valence-corrected chi connectivity index (χ4v) is 5.28. The maximum atomic E-state index is 14.2. The molecule has 2 fully saturated rings. The Hall–Kier alpha value is -3.67. The highest BCUT2D eigenvalue weighted by atomic mass is 19.1. The Bertz CT molecular complexity index is 1230. The van der Waals surface area contributed by atoms with Gasteiger partial charge in [-0.05, 0) is 61.7 Å². The van der Waals surface area contributed by atoms with Gasteiger partial charge in [0.1, 0.15) is 5.82 Å². The molecule has 3 aromatic carbocycles. The molecule has 1 unspecified atom stereocenters. The van der Waals surface area contributed by atoms with Crippen molar-refractivity contribution < 1.29 is 14.0 Å². The van der Waals surface area contributed by atoms with E-state index in [0.29, 0.717) is 44.0 Å². The van der Waals surface area contributed by atoms with Crippen molar-refractivity contribution in [2.24, 2.45) is 0 Å². The van der Waals surface area contributed by atoms with Gasteiger partial charge in [-0.15, -0.1) is 0 Å². The average molecular weight is 486 g/mol. The zero-order valence-electron chi connectivity index (χ0n) is 20.7. The van der Waals surface area contributed by atoms with Gasteiger partial charge in [0.05, 0.1) is 5.69 Å². The molecule has 2 aliphatic heterocycles. The highest BCUT2D eigenvalue weighted by molar-refractivity contribution is 5.95. The molecule has 0 spiro atoms. The summed E-state index contributed by atoms with van der Waals surface area (Å²) >= 11 is 0. The molecule has 2 heterocycles. The van der Waals surface area contributed by atoms with Crippen molar-refractivity contribution in [3.8, 4) is 0 Å². The van der Waals surface area contributed by atoms with E-state index in [1.54, 1.807) is 12.1 Å². The van der Waals surface area contributed by atoms with Crippen molar-refractivity contribution in [3.63, 3.8) is 0 Å². The van der Waals surface area contributed by atoms with Crippen molar-refractivity contribution in [1.82, 2.24) is 9.80 Å². The average Bonchev–Trinajstić information content (AvgIpc) is 2.93. The Morgan fingerprint density at radius 2 is 1.50 bits per heavy atom. The first-order chi connectivity index (χ1) is 17.5. The fourth-order valence-electron chi connectivity index (χ4n) is 5.28. The van der Waals surface area contributed by atoms with Gasteiger partial charge in [-0.25, -0.2) is 4.39 Å². The maximum Gasteiger partial charge on any atom is 0.253 e. The van der Waals surface area contributed by atoms with Crippen molar-refractivity contribution >= 4 is 17.5 Å². The molecule has 5 nitrogen and oxygen atoms in total. The smallest absolute Gasteiger partial charge is 0.253 e. The van der Waals surface area contributed by atoms with E-state index < -0.39 is 0 Å². The summed E-state index contributed by atoms with van der Waals surface area (Å²) in [5.74, 6) is 0.0549. The second kappa shape index (κ2) is 10.5. The first kappa shape index (κ1) is 24.0. The van der Waals surface area contributed by atoms with Crippen LogP contribution in [0.15, 0.2) is 72.8 Å². The Balaban J connectivity index is 1.23. The molecule has 2 aliphatic rings. The molecule has 3 aromatic rings. The second-order valence-electron chi connectivity index (χ2n) is 9.81. The minimum absolute atomic E-state index is 0.00781. The molecular weight excluding hydrogens is 453 g/mol. The molecule has 36 heavy (non-hydrogen) atoms. The van der Waals surface area contributed by atoms with Gasteiger partial charge in [-0.1, -0.05) is 42.0 Å². The minimum atomic E-state index is -0.229. The molecule has 1 atom stereocenters. The van der Waals surface area contributed by atoms with Gasteiger partial charge in [0, 0.05) is 56.3 Å². The van der Waals surface area contributed by atoms with Gasteiger partial charge < -0.3 is 14.7 Å². The molecule has 0 bridgehead atoms. The predicted octanol–water partition coefficient (Wildman–Crippen LogP) is 5.12. The summed E-state index contributed by atoms with van der Waals surface area (Å²) in [5.41, 5.74) is 4.23. The van der Waals surface area contributed by atoms with Crippen LogP contribution in [0.3, 0.4) is 0 Å². The number of hydrogen-bond donors (Lipinski definition) is 0. The lowest BCUT2D eigenvalue weighted by atomic mass is 9.89. The van der Waals surface area contributed by atoms with Gasteiger partial charge in [0.25, 0.3) is 11.8 Å². The fraction of sp³-hybridized carbons (Fsp3) is 0.333. The van der Waals surface area contributed by atoms with E-state index >= 15 is 0 Å². The quantitative estimate of drug-likeness (QED) is 0.516. The Morgan fingerprint density at radius 1 is 0.778 bits per heavy atom. The van der Waals surface area contributed by atoms with E-state index in [-0.39, 0.29) is 23.5 Å². The number of benzene rings is 3. The highest BCUT2D eigenvalue weighted by Crippen LogP contribution is 2.29. The number of anilines is 1. The van der Waals surface area contributed by atoms with Crippen LogP contribution in [0.4, 0.5) is 10.1 Å². The minimum Gasteiger partial charge on any atom is -0.366 e. The van der Waals surface area contributed by atoms with E-state index in [0.717, 1.165) is 36.1 Å². The number of piperidine rings is 1.